The van der Waals surface area contributed by atoms with E-state index < -0.39 is 0 Å². The van der Waals surface area contributed by atoms with Crippen LogP contribution in [0.2, 0.25) is 0 Å². The van der Waals surface area contributed by atoms with Gasteiger partial charge in [-0.25, -0.2) is 0 Å². The third-order valence-electron chi connectivity index (χ3n) is 11.3. The quantitative estimate of drug-likeness (QED) is 0.176. The molecule has 0 unspecified atom stereocenters. The zero-order valence-corrected chi connectivity index (χ0v) is 31.3. The van der Waals surface area contributed by atoms with E-state index in [4.69, 9.17) is 0 Å². The highest BCUT2D eigenvalue weighted by Crippen LogP contribution is 2.45. The van der Waals surface area contributed by atoms with Crippen molar-refractivity contribution in [3.05, 3.63) is 163 Å². The van der Waals surface area contributed by atoms with Crippen LogP contribution >= 0.6 is 0 Å². The summed E-state index contributed by atoms with van der Waals surface area (Å²) in [6.07, 6.45) is 0. The van der Waals surface area contributed by atoms with Crippen molar-refractivity contribution in [3.8, 4) is 17.1 Å². The van der Waals surface area contributed by atoms with Crippen molar-refractivity contribution in [3.63, 3.8) is 0 Å². The Kier molecular flexibility index (Phi) is 6.70. The predicted octanol–water partition coefficient (Wildman–Crippen LogP) is 13.6. The third kappa shape index (κ3) is 4.66. The highest BCUT2D eigenvalue weighted by molar-refractivity contribution is 6.19. The molecule has 0 atom stereocenters. The van der Waals surface area contributed by atoms with E-state index in [2.05, 4.69) is 207 Å². The number of rotatable bonds is 3. The number of para-hydroxylation sites is 4. The lowest BCUT2D eigenvalue weighted by Crippen LogP contribution is -2.10. The van der Waals surface area contributed by atoms with Gasteiger partial charge in [-0.3, -0.25) is 0 Å². The molecular weight excluding hydrogens is 643 g/mol. The lowest BCUT2D eigenvalue weighted by Gasteiger charge is -2.19. The van der Waals surface area contributed by atoms with E-state index in [1.807, 2.05) is 0 Å². The Morgan fingerprint density at radius 1 is 0.340 bits per heavy atom. The van der Waals surface area contributed by atoms with Crippen LogP contribution in [0.25, 0.3) is 82.5 Å². The molecule has 0 saturated heterocycles. The van der Waals surface area contributed by atoms with E-state index in [1.165, 1.54) is 82.2 Å². The summed E-state index contributed by atoms with van der Waals surface area (Å²) in [7, 11) is 0. The standard InChI is InChI=1S/C50H43N3/c1-49(2,3)32-24-26-43-38(30-32)39-31-33(50(4,5)6)25-27-44(39)52(43)45-28-29-46(53-40-21-13-10-18-35(40)36-19-11-14-22-41(36)53)48-47(45)37-20-12-15-23-42(37)51(48)34-16-8-7-9-17-34/h7-31H,1-6H3. The van der Waals surface area contributed by atoms with Crippen LogP contribution in [0.1, 0.15) is 52.7 Å². The van der Waals surface area contributed by atoms with Crippen LogP contribution in [0.15, 0.2) is 152 Å². The molecule has 3 heterocycles. The van der Waals surface area contributed by atoms with Crippen molar-refractivity contribution in [1.29, 1.82) is 0 Å². The summed E-state index contributed by atoms with van der Waals surface area (Å²) in [6.45, 7) is 13.9. The van der Waals surface area contributed by atoms with Gasteiger partial charge >= 0.3 is 0 Å². The van der Waals surface area contributed by atoms with Crippen LogP contribution in [0.5, 0.6) is 0 Å². The molecule has 0 aliphatic heterocycles. The maximum absolute atomic E-state index is 2.53. The van der Waals surface area contributed by atoms with E-state index in [1.54, 1.807) is 0 Å². The zero-order valence-electron chi connectivity index (χ0n) is 31.3. The van der Waals surface area contributed by atoms with Gasteiger partial charge < -0.3 is 13.7 Å². The van der Waals surface area contributed by atoms with Gasteiger partial charge in [-0.2, -0.15) is 0 Å². The normalized spacial score (nSPS) is 12.7. The van der Waals surface area contributed by atoms with Crippen molar-refractivity contribution in [2.24, 2.45) is 0 Å². The smallest absolute Gasteiger partial charge is 0.0803 e. The lowest BCUT2D eigenvalue weighted by molar-refractivity contribution is 0.590. The first kappa shape index (κ1) is 31.7. The summed E-state index contributed by atoms with van der Waals surface area (Å²) in [5.41, 5.74) is 13.5. The van der Waals surface area contributed by atoms with Gasteiger partial charge in [-0.15, -0.1) is 0 Å². The zero-order chi connectivity index (χ0) is 36.2. The number of nitrogens with zero attached hydrogens (tertiary/aromatic N) is 3. The van der Waals surface area contributed by atoms with E-state index in [9.17, 15) is 0 Å². The average Bonchev–Trinajstić information content (AvgIpc) is 3.80. The average molecular weight is 686 g/mol. The number of hydrogen-bond donors (Lipinski definition) is 0. The Labute approximate surface area is 310 Å². The Hall–Kier alpha value is -6.06. The molecule has 0 N–H and O–H groups in total. The summed E-state index contributed by atoms with van der Waals surface area (Å²) < 4.78 is 7.49. The fraction of sp³-hybridized carbons (Fsp3) is 0.160. The van der Waals surface area contributed by atoms with Crippen molar-refractivity contribution in [2.45, 2.75) is 52.4 Å². The first-order valence-corrected chi connectivity index (χ1v) is 18.8. The molecule has 3 heteroatoms. The van der Waals surface area contributed by atoms with Crippen molar-refractivity contribution < 1.29 is 0 Å². The molecule has 7 aromatic carbocycles. The Balaban J connectivity index is 1.41. The number of aromatic nitrogens is 3. The van der Waals surface area contributed by atoms with Crippen LogP contribution in [-0.4, -0.2) is 13.7 Å². The van der Waals surface area contributed by atoms with Crippen molar-refractivity contribution in [1.82, 2.24) is 13.7 Å². The number of fused-ring (bicyclic) bond motifs is 9. The highest BCUT2D eigenvalue weighted by atomic mass is 15.1. The van der Waals surface area contributed by atoms with Crippen molar-refractivity contribution >= 4 is 65.4 Å². The molecule has 258 valence electrons. The fourth-order valence-corrected chi connectivity index (χ4v) is 8.67. The molecule has 0 bridgehead atoms. The topological polar surface area (TPSA) is 14.8 Å². The summed E-state index contributed by atoms with van der Waals surface area (Å²) >= 11 is 0. The Bertz CT molecular complexity index is 2940. The van der Waals surface area contributed by atoms with Gasteiger partial charge in [-0.1, -0.05) is 126 Å². The minimum Gasteiger partial charge on any atom is -0.309 e. The van der Waals surface area contributed by atoms with Crippen LogP contribution in [-0.2, 0) is 10.8 Å². The number of benzene rings is 7. The fourth-order valence-electron chi connectivity index (χ4n) is 8.67. The Morgan fingerprint density at radius 3 is 1.28 bits per heavy atom. The highest BCUT2D eigenvalue weighted by Gasteiger charge is 2.26. The van der Waals surface area contributed by atoms with Crippen LogP contribution in [0.3, 0.4) is 0 Å². The molecule has 10 aromatic rings. The predicted molar refractivity (Wildman–Crippen MR) is 227 cm³/mol. The Morgan fingerprint density at radius 2 is 0.755 bits per heavy atom. The molecule has 0 aliphatic rings. The summed E-state index contributed by atoms with van der Waals surface area (Å²) in [5, 5.41) is 7.58. The summed E-state index contributed by atoms with van der Waals surface area (Å²) in [4.78, 5) is 0. The van der Waals surface area contributed by atoms with E-state index >= 15 is 0 Å². The second-order valence-electron chi connectivity index (χ2n) is 16.7. The van der Waals surface area contributed by atoms with Crippen molar-refractivity contribution in [2.75, 3.05) is 0 Å². The van der Waals surface area contributed by atoms with Gasteiger partial charge in [-0.05, 0) is 88.7 Å². The summed E-state index contributed by atoms with van der Waals surface area (Å²) in [5.74, 6) is 0. The van der Waals surface area contributed by atoms with Crippen LogP contribution in [0.4, 0.5) is 0 Å². The maximum atomic E-state index is 2.53. The molecule has 10 rings (SSSR count). The van der Waals surface area contributed by atoms with E-state index in [-0.39, 0.29) is 10.8 Å². The summed E-state index contributed by atoms with van der Waals surface area (Å²) in [6, 6.07) is 56.4. The third-order valence-corrected chi connectivity index (χ3v) is 11.3. The molecule has 3 nitrogen and oxygen atoms in total. The first-order valence-electron chi connectivity index (χ1n) is 18.8. The minimum atomic E-state index is 0.0323. The maximum Gasteiger partial charge on any atom is 0.0803 e. The molecule has 53 heavy (non-hydrogen) atoms. The second-order valence-corrected chi connectivity index (χ2v) is 16.7. The molecule has 3 aromatic heterocycles. The molecule has 0 fully saturated rings. The molecule has 0 saturated carbocycles. The minimum absolute atomic E-state index is 0.0323. The molecule has 0 aliphatic carbocycles. The molecule has 0 amide bonds. The van der Waals surface area contributed by atoms with Crippen LogP contribution < -0.4 is 0 Å². The largest absolute Gasteiger partial charge is 0.309 e. The monoisotopic (exact) mass is 685 g/mol. The van der Waals surface area contributed by atoms with Gasteiger partial charge in [0.1, 0.15) is 0 Å². The molecule has 0 spiro atoms. The molecule has 0 radical (unpaired) electrons. The van der Waals surface area contributed by atoms with Crippen LogP contribution in [0, 0.1) is 0 Å². The van der Waals surface area contributed by atoms with E-state index in [0.29, 0.717) is 0 Å². The SMILES string of the molecule is CC(C)(C)c1ccc2c(c1)c1cc(C(C)(C)C)ccc1n2-c1ccc(-n2c3ccccc3c3ccccc32)c2c1c1ccccc1n2-c1ccccc1. The lowest BCUT2D eigenvalue weighted by atomic mass is 9.85. The van der Waals surface area contributed by atoms with Gasteiger partial charge in [0.15, 0.2) is 0 Å². The van der Waals surface area contributed by atoms with Gasteiger partial charge in [0.05, 0.1) is 44.5 Å². The molecular formula is C50H43N3. The van der Waals surface area contributed by atoms with E-state index in [0.717, 1.165) is 11.4 Å². The van der Waals surface area contributed by atoms with Gasteiger partial charge in [0.2, 0.25) is 0 Å². The second kappa shape index (κ2) is 11.2. The van der Waals surface area contributed by atoms with Gasteiger partial charge in [0.25, 0.3) is 0 Å². The number of hydrogen-bond acceptors (Lipinski definition) is 0. The first-order chi connectivity index (χ1) is 25.6. The van der Waals surface area contributed by atoms with Gasteiger partial charge in [0, 0.05) is 38.0 Å².